The minimum absolute atomic E-state index is 0.531. The number of H-pyrrole nitrogens is 1. The SMILES string of the molecule is Nc1nn2cc(-c3c[nH]c4ccccc34)nc2s1. The lowest BCUT2D eigenvalue weighted by Crippen LogP contribution is -1.85. The number of nitrogen functional groups attached to an aromatic ring is 1. The van der Waals surface area contributed by atoms with Gasteiger partial charge in [0.05, 0.1) is 11.9 Å². The number of nitrogens with zero attached hydrogens (tertiary/aromatic N) is 3. The summed E-state index contributed by atoms with van der Waals surface area (Å²) >= 11 is 1.38. The molecule has 0 unspecified atom stereocenters. The average Bonchev–Trinajstić information content (AvgIpc) is 2.99. The Kier molecular flexibility index (Phi) is 1.79. The van der Waals surface area contributed by atoms with Crippen LogP contribution in [-0.4, -0.2) is 19.6 Å². The molecular weight excluding hydrogens is 246 g/mol. The van der Waals surface area contributed by atoms with Gasteiger partial charge in [-0.25, -0.2) is 9.50 Å². The summed E-state index contributed by atoms with van der Waals surface area (Å²) in [6.07, 6.45) is 3.87. The Balaban J connectivity index is 1.98. The lowest BCUT2D eigenvalue weighted by atomic mass is 10.1. The van der Waals surface area contributed by atoms with E-state index in [1.807, 2.05) is 30.6 Å². The molecule has 4 aromatic rings. The third-order valence-corrected chi connectivity index (χ3v) is 3.68. The van der Waals surface area contributed by atoms with E-state index >= 15 is 0 Å². The third-order valence-electron chi connectivity index (χ3n) is 2.92. The van der Waals surface area contributed by atoms with E-state index in [4.69, 9.17) is 5.73 Å². The van der Waals surface area contributed by atoms with Gasteiger partial charge in [-0.05, 0) is 6.07 Å². The predicted molar refractivity (Wildman–Crippen MR) is 72.6 cm³/mol. The zero-order valence-corrected chi connectivity index (χ0v) is 10.1. The Bertz CT molecular complexity index is 822. The molecule has 0 radical (unpaired) electrons. The highest BCUT2D eigenvalue weighted by Crippen LogP contribution is 2.29. The smallest absolute Gasteiger partial charge is 0.214 e. The first kappa shape index (κ1) is 9.67. The first-order valence-corrected chi connectivity index (χ1v) is 6.31. The topological polar surface area (TPSA) is 72.0 Å². The van der Waals surface area contributed by atoms with Crippen molar-refractivity contribution in [3.8, 4) is 11.3 Å². The van der Waals surface area contributed by atoms with Crippen LogP contribution in [0.25, 0.3) is 27.1 Å². The molecule has 0 saturated heterocycles. The number of fused-ring (bicyclic) bond motifs is 2. The molecule has 0 amide bonds. The standard InChI is InChI=1S/C12H9N5S/c13-11-16-17-6-10(15-12(17)18-11)8-5-14-9-4-2-1-3-7(8)9/h1-6,14H,(H2,13,16). The van der Waals surface area contributed by atoms with E-state index < -0.39 is 0 Å². The lowest BCUT2D eigenvalue weighted by molar-refractivity contribution is 0.981. The minimum atomic E-state index is 0.531. The van der Waals surface area contributed by atoms with Crippen molar-refractivity contribution in [2.45, 2.75) is 0 Å². The van der Waals surface area contributed by atoms with Crippen LogP contribution in [0.4, 0.5) is 5.13 Å². The fraction of sp³-hybridized carbons (Fsp3) is 0. The molecular formula is C12H9N5S. The van der Waals surface area contributed by atoms with Crippen LogP contribution in [0.3, 0.4) is 0 Å². The van der Waals surface area contributed by atoms with E-state index in [1.54, 1.807) is 4.52 Å². The molecule has 0 atom stereocenters. The first-order valence-electron chi connectivity index (χ1n) is 5.49. The number of nitrogens with one attached hydrogen (secondary N) is 1. The van der Waals surface area contributed by atoms with Crippen molar-refractivity contribution in [2.24, 2.45) is 0 Å². The van der Waals surface area contributed by atoms with Crippen LogP contribution in [-0.2, 0) is 0 Å². The van der Waals surface area contributed by atoms with Crippen molar-refractivity contribution in [2.75, 3.05) is 5.73 Å². The molecule has 0 saturated carbocycles. The molecule has 0 aliphatic rings. The number of rotatable bonds is 1. The molecule has 0 aliphatic carbocycles. The van der Waals surface area contributed by atoms with Crippen LogP contribution in [0.1, 0.15) is 0 Å². The van der Waals surface area contributed by atoms with E-state index in [-0.39, 0.29) is 0 Å². The van der Waals surface area contributed by atoms with E-state index in [1.165, 1.54) is 11.3 Å². The van der Waals surface area contributed by atoms with Crippen molar-refractivity contribution in [1.29, 1.82) is 0 Å². The molecule has 3 N–H and O–H groups in total. The van der Waals surface area contributed by atoms with Gasteiger partial charge in [-0.1, -0.05) is 29.5 Å². The molecule has 0 aliphatic heterocycles. The number of aromatic nitrogens is 4. The molecule has 3 heterocycles. The molecule has 0 spiro atoms. The van der Waals surface area contributed by atoms with Gasteiger partial charge in [-0.15, -0.1) is 5.10 Å². The van der Waals surface area contributed by atoms with Gasteiger partial charge in [-0.2, -0.15) is 0 Å². The molecule has 18 heavy (non-hydrogen) atoms. The number of nitrogens with two attached hydrogens (primary N) is 1. The number of hydrogen-bond donors (Lipinski definition) is 2. The number of para-hydroxylation sites is 1. The van der Waals surface area contributed by atoms with Gasteiger partial charge in [0, 0.05) is 22.7 Å². The summed E-state index contributed by atoms with van der Waals surface area (Å²) in [4.78, 5) is 8.60. The van der Waals surface area contributed by atoms with E-state index in [2.05, 4.69) is 21.1 Å². The van der Waals surface area contributed by atoms with Crippen molar-refractivity contribution >= 4 is 32.3 Å². The van der Waals surface area contributed by atoms with Crippen molar-refractivity contribution in [1.82, 2.24) is 19.6 Å². The molecule has 6 heteroatoms. The molecule has 0 fully saturated rings. The number of benzene rings is 1. The van der Waals surface area contributed by atoms with Crippen LogP contribution < -0.4 is 5.73 Å². The highest BCUT2D eigenvalue weighted by molar-refractivity contribution is 7.20. The second-order valence-corrected chi connectivity index (χ2v) is 5.03. The van der Waals surface area contributed by atoms with E-state index in [9.17, 15) is 0 Å². The van der Waals surface area contributed by atoms with Gasteiger partial charge in [0.25, 0.3) is 0 Å². The maximum Gasteiger partial charge on any atom is 0.214 e. The molecule has 3 aromatic heterocycles. The maximum absolute atomic E-state index is 5.63. The number of imidazole rings is 1. The second-order valence-electron chi connectivity index (χ2n) is 4.04. The van der Waals surface area contributed by atoms with E-state index in [0.717, 1.165) is 27.1 Å². The highest BCUT2D eigenvalue weighted by Gasteiger charge is 2.11. The quantitative estimate of drug-likeness (QED) is 0.549. The summed E-state index contributed by atoms with van der Waals surface area (Å²) in [7, 11) is 0. The van der Waals surface area contributed by atoms with Gasteiger partial charge in [0.15, 0.2) is 0 Å². The van der Waals surface area contributed by atoms with Gasteiger partial charge in [-0.3, -0.25) is 0 Å². The van der Waals surface area contributed by atoms with Crippen molar-refractivity contribution in [3.05, 3.63) is 36.7 Å². The molecule has 5 nitrogen and oxygen atoms in total. The van der Waals surface area contributed by atoms with Crippen LogP contribution in [0.15, 0.2) is 36.7 Å². The number of anilines is 1. The average molecular weight is 255 g/mol. The molecule has 1 aromatic carbocycles. The van der Waals surface area contributed by atoms with Gasteiger partial charge >= 0.3 is 0 Å². The zero-order valence-electron chi connectivity index (χ0n) is 9.29. The normalized spacial score (nSPS) is 11.6. The summed E-state index contributed by atoms with van der Waals surface area (Å²) in [5.41, 5.74) is 8.74. The van der Waals surface area contributed by atoms with Crippen molar-refractivity contribution < 1.29 is 0 Å². The minimum Gasteiger partial charge on any atom is -0.374 e. The summed E-state index contributed by atoms with van der Waals surface area (Å²) in [5.74, 6) is 0. The van der Waals surface area contributed by atoms with Crippen LogP contribution in [0.5, 0.6) is 0 Å². The van der Waals surface area contributed by atoms with Gasteiger partial charge in [0.2, 0.25) is 10.1 Å². The first-order chi connectivity index (χ1) is 8.81. The summed E-state index contributed by atoms with van der Waals surface area (Å²) < 4.78 is 1.72. The Hall–Kier alpha value is -2.34. The largest absolute Gasteiger partial charge is 0.374 e. The summed E-state index contributed by atoms with van der Waals surface area (Å²) in [5, 5.41) is 5.86. The Morgan fingerprint density at radius 3 is 3.06 bits per heavy atom. The fourth-order valence-corrected chi connectivity index (χ4v) is 2.78. The summed E-state index contributed by atoms with van der Waals surface area (Å²) in [6, 6.07) is 8.16. The molecule has 88 valence electrons. The van der Waals surface area contributed by atoms with Gasteiger partial charge < -0.3 is 10.7 Å². The van der Waals surface area contributed by atoms with Crippen LogP contribution >= 0.6 is 11.3 Å². The predicted octanol–water partition coefficient (Wildman–Crippen LogP) is 2.52. The van der Waals surface area contributed by atoms with Gasteiger partial charge in [0.1, 0.15) is 0 Å². The second kappa shape index (κ2) is 3.33. The Labute approximate surface area is 106 Å². The van der Waals surface area contributed by atoms with Crippen molar-refractivity contribution in [3.63, 3.8) is 0 Å². The molecule has 4 rings (SSSR count). The lowest BCUT2D eigenvalue weighted by Gasteiger charge is -1.92. The summed E-state index contributed by atoms with van der Waals surface area (Å²) in [6.45, 7) is 0. The zero-order chi connectivity index (χ0) is 12.1. The Morgan fingerprint density at radius 1 is 1.28 bits per heavy atom. The van der Waals surface area contributed by atoms with E-state index in [0.29, 0.717) is 5.13 Å². The van der Waals surface area contributed by atoms with Crippen LogP contribution in [0.2, 0.25) is 0 Å². The highest BCUT2D eigenvalue weighted by atomic mass is 32.1. The van der Waals surface area contributed by atoms with Crippen LogP contribution in [0, 0.1) is 0 Å². The maximum atomic E-state index is 5.63. The third kappa shape index (κ3) is 1.26. The molecule has 0 bridgehead atoms. The fourth-order valence-electron chi connectivity index (χ4n) is 2.13. The monoisotopic (exact) mass is 255 g/mol. The number of hydrogen-bond acceptors (Lipinski definition) is 4. The Morgan fingerprint density at radius 2 is 2.17 bits per heavy atom. The number of aromatic amines is 1.